The van der Waals surface area contributed by atoms with E-state index in [0.717, 1.165) is 5.56 Å². The molecule has 1 aromatic heterocycles. The second kappa shape index (κ2) is 10.6. The number of aliphatic imine (C=N–C) groups is 1. The lowest BCUT2D eigenvalue weighted by Gasteiger charge is -2.34. The summed E-state index contributed by atoms with van der Waals surface area (Å²) in [6, 6.07) is 14.4. The molecule has 0 radical (unpaired) electrons. The Balaban J connectivity index is 1.69. The molecule has 0 aliphatic carbocycles. The number of carbonyl (C=O) groups excluding carboxylic acids is 2. The Kier molecular flexibility index (Phi) is 7.03. The van der Waals surface area contributed by atoms with Crippen LogP contribution in [0.1, 0.15) is 48.4 Å². The number of halogens is 1. The number of ether oxygens (including phenoxy) is 1. The molecule has 2 aliphatic heterocycles. The van der Waals surface area contributed by atoms with Crippen LogP contribution in [0.3, 0.4) is 0 Å². The standard InChI is InChI=1S/C27H25ClN6O4/c1-16(2)37-22-13-17(14-29)3-8-20(22)26-32-24(18-4-6-19(28)7-5-18)25(21-9-10-31-38-21)34(26)27(36)33-12-11-30-23(35)15-33/h3-10,13,16,24-25H,11-12,15H2,1-2H3,(H,30,35). The average Bonchev–Trinajstić information content (AvgIpc) is 3.56. The summed E-state index contributed by atoms with van der Waals surface area (Å²) in [6.45, 7) is 4.35. The van der Waals surface area contributed by atoms with Gasteiger partial charge in [-0.15, -0.1) is 0 Å². The summed E-state index contributed by atoms with van der Waals surface area (Å²) in [5.74, 6) is 0.941. The van der Waals surface area contributed by atoms with E-state index < -0.39 is 18.1 Å². The summed E-state index contributed by atoms with van der Waals surface area (Å²) >= 11 is 6.15. The molecular formula is C27H25ClN6O4. The van der Waals surface area contributed by atoms with Gasteiger partial charge in [-0.2, -0.15) is 5.26 Å². The van der Waals surface area contributed by atoms with Crippen molar-refractivity contribution >= 4 is 29.4 Å². The number of carbonyl (C=O) groups is 2. The normalized spacial score (nSPS) is 19.2. The van der Waals surface area contributed by atoms with Crippen molar-refractivity contribution in [1.82, 2.24) is 20.3 Å². The van der Waals surface area contributed by atoms with Crippen molar-refractivity contribution in [2.75, 3.05) is 19.6 Å². The molecule has 38 heavy (non-hydrogen) atoms. The van der Waals surface area contributed by atoms with Crippen molar-refractivity contribution in [3.63, 3.8) is 0 Å². The van der Waals surface area contributed by atoms with Gasteiger partial charge in [0.15, 0.2) is 5.76 Å². The van der Waals surface area contributed by atoms with E-state index in [-0.39, 0.29) is 18.6 Å². The summed E-state index contributed by atoms with van der Waals surface area (Å²) < 4.78 is 11.7. The fraction of sp³-hybridized carbons (Fsp3) is 0.296. The third-order valence-electron chi connectivity index (χ3n) is 6.26. The van der Waals surface area contributed by atoms with Crippen molar-refractivity contribution in [1.29, 1.82) is 5.26 Å². The Morgan fingerprint density at radius 1 is 1.24 bits per heavy atom. The fourth-order valence-corrected chi connectivity index (χ4v) is 4.73. The highest BCUT2D eigenvalue weighted by molar-refractivity contribution is 6.30. The number of aromatic nitrogens is 1. The van der Waals surface area contributed by atoms with E-state index in [1.165, 1.54) is 16.0 Å². The minimum absolute atomic E-state index is 0.0833. The molecular weight excluding hydrogens is 508 g/mol. The number of nitriles is 1. The highest BCUT2D eigenvalue weighted by Crippen LogP contribution is 2.45. The van der Waals surface area contributed by atoms with E-state index in [9.17, 15) is 14.9 Å². The summed E-state index contributed by atoms with van der Waals surface area (Å²) in [7, 11) is 0. The van der Waals surface area contributed by atoms with Crippen LogP contribution in [0.2, 0.25) is 5.02 Å². The van der Waals surface area contributed by atoms with Crippen LogP contribution >= 0.6 is 11.6 Å². The average molecular weight is 533 g/mol. The molecule has 0 bridgehead atoms. The van der Waals surface area contributed by atoms with Gasteiger partial charge in [0.2, 0.25) is 5.91 Å². The molecule has 0 saturated carbocycles. The first-order chi connectivity index (χ1) is 18.4. The van der Waals surface area contributed by atoms with Crippen LogP contribution in [-0.2, 0) is 4.79 Å². The number of amidine groups is 1. The van der Waals surface area contributed by atoms with Crippen LogP contribution in [0.15, 0.2) is 64.2 Å². The van der Waals surface area contributed by atoms with E-state index in [0.29, 0.717) is 46.6 Å². The van der Waals surface area contributed by atoms with Gasteiger partial charge in [0.1, 0.15) is 30.2 Å². The Morgan fingerprint density at radius 2 is 2.03 bits per heavy atom. The third kappa shape index (κ3) is 4.93. The molecule has 3 heterocycles. The summed E-state index contributed by atoms with van der Waals surface area (Å²) in [4.78, 5) is 34.4. The van der Waals surface area contributed by atoms with Crippen molar-refractivity contribution in [3.8, 4) is 11.8 Å². The number of rotatable bonds is 5. The second-order valence-electron chi connectivity index (χ2n) is 9.22. The number of benzene rings is 2. The number of hydrogen-bond donors (Lipinski definition) is 1. The number of urea groups is 1. The predicted molar refractivity (Wildman–Crippen MR) is 139 cm³/mol. The Bertz CT molecular complexity index is 1410. The van der Waals surface area contributed by atoms with Gasteiger partial charge in [-0.1, -0.05) is 28.9 Å². The molecule has 10 nitrogen and oxygen atoms in total. The maximum Gasteiger partial charge on any atom is 0.326 e. The molecule has 5 rings (SSSR count). The van der Waals surface area contributed by atoms with Gasteiger partial charge in [-0.05, 0) is 49.7 Å². The SMILES string of the molecule is CC(C)Oc1cc(C#N)ccc1C1=NC(c2ccc(Cl)cc2)C(c2ccno2)N1C(=O)N1CCNC(=O)C1. The zero-order valence-electron chi connectivity index (χ0n) is 20.8. The van der Waals surface area contributed by atoms with Gasteiger partial charge in [0.05, 0.1) is 29.5 Å². The molecule has 3 aromatic rings. The van der Waals surface area contributed by atoms with Crippen LogP contribution in [0.25, 0.3) is 0 Å². The molecule has 2 aromatic carbocycles. The first-order valence-corrected chi connectivity index (χ1v) is 12.5. The van der Waals surface area contributed by atoms with Gasteiger partial charge in [-0.25, -0.2) is 4.79 Å². The van der Waals surface area contributed by atoms with Crippen LogP contribution < -0.4 is 10.1 Å². The molecule has 1 saturated heterocycles. The highest BCUT2D eigenvalue weighted by atomic mass is 35.5. The van der Waals surface area contributed by atoms with Gasteiger partial charge >= 0.3 is 6.03 Å². The maximum atomic E-state index is 14.1. The van der Waals surface area contributed by atoms with E-state index >= 15 is 0 Å². The largest absolute Gasteiger partial charge is 0.490 e. The first-order valence-electron chi connectivity index (χ1n) is 12.2. The topological polar surface area (TPSA) is 124 Å². The Labute approximate surface area is 224 Å². The first kappa shape index (κ1) is 25.3. The minimum atomic E-state index is -0.700. The van der Waals surface area contributed by atoms with Gasteiger partial charge in [0.25, 0.3) is 0 Å². The number of piperazine rings is 1. The van der Waals surface area contributed by atoms with Gasteiger partial charge in [0, 0.05) is 24.2 Å². The molecule has 2 aliphatic rings. The monoisotopic (exact) mass is 532 g/mol. The Hall–Kier alpha value is -4.36. The number of nitrogens with one attached hydrogen (secondary N) is 1. The molecule has 2 unspecified atom stereocenters. The van der Waals surface area contributed by atoms with Crippen LogP contribution in [0.5, 0.6) is 5.75 Å². The number of amides is 3. The molecule has 194 valence electrons. The lowest BCUT2D eigenvalue weighted by Crippen LogP contribution is -2.55. The molecule has 3 amide bonds. The van der Waals surface area contributed by atoms with Crippen molar-refractivity contribution in [3.05, 3.63) is 82.2 Å². The van der Waals surface area contributed by atoms with Gasteiger partial charge < -0.3 is 19.5 Å². The highest BCUT2D eigenvalue weighted by Gasteiger charge is 2.46. The van der Waals surface area contributed by atoms with E-state index in [4.69, 9.17) is 25.9 Å². The van der Waals surface area contributed by atoms with Crippen LogP contribution in [-0.4, -0.2) is 58.5 Å². The predicted octanol–water partition coefficient (Wildman–Crippen LogP) is 4.08. The second-order valence-corrected chi connectivity index (χ2v) is 9.66. The summed E-state index contributed by atoms with van der Waals surface area (Å²) in [5, 5.41) is 16.7. The van der Waals surface area contributed by atoms with Crippen LogP contribution in [0, 0.1) is 11.3 Å². The quantitative estimate of drug-likeness (QED) is 0.528. The Morgan fingerprint density at radius 3 is 2.68 bits per heavy atom. The summed E-state index contributed by atoms with van der Waals surface area (Å²) in [6.07, 6.45) is 1.31. The minimum Gasteiger partial charge on any atom is -0.490 e. The van der Waals surface area contributed by atoms with E-state index in [1.54, 1.807) is 36.4 Å². The third-order valence-corrected chi connectivity index (χ3v) is 6.51. The lowest BCUT2D eigenvalue weighted by molar-refractivity contribution is -0.123. The van der Waals surface area contributed by atoms with E-state index in [2.05, 4.69) is 16.5 Å². The molecule has 1 N–H and O–H groups in total. The molecule has 0 spiro atoms. The van der Waals surface area contributed by atoms with Crippen molar-refractivity contribution in [2.24, 2.45) is 4.99 Å². The van der Waals surface area contributed by atoms with Crippen LogP contribution in [0.4, 0.5) is 4.79 Å². The molecule has 1 fully saturated rings. The molecule has 2 atom stereocenters. The van der Waals surface area contributed by atoms with Crippen molar-refractivity contribution in [2.45, 2.75) is 32.0 Å². The zero-order valence-corrected chi connectivity index (χ0v) is 21.6. The zero-order chi connectivity index (χ0) is 26.8. The van der Waals surface area contributed by atoms with Crippen molar-refractivity contribution < 1.29 is 18.8 Å². The lowest BCUT2D eigenvalue weighted by atomic mass is 9.98. The fourth-order valence-electron chi connectivity index (χ4n) is 4.61. The van der Waals surface area contributed by atoms with E-state index in [1.807, 2.05) is 26.0 Å². The number of hydrogen-bond acceptors (Lipinski definition) is 7. The summed E-state index contributed by atoms with van der Waals surface area (Å²) in [5.41, 5.74) is 1.75. The smallest absolute Gasteiger partial charge is 0.326 e. The maximum absolute atomic E-state index is 14.1. The number of nitrogens with zero attached hydrogens (tertiary/aromatic N) is 5. The van der Waals surface area contributed by atoms with Gasteiger partial charge in [-0.3, -0.25) is 14.7 Å². The molecule has 11 heteroatoms.